The summed E-state index contributed by atoms with van der Waals surface area (Å²) in [7, 11) is 0. The first-order valence-electron chi connectivity index (χ1n) is 4.85. The Labute approximate surface area is 91.6 Å². The van der Waals surface area contributed by atoms with Crippen LogP contribution in [0.4, 0.5) is 13.2 Å². The summed E-state index contributed by atoms with van der Waals surface area (Å²) < 4.78 is 38.4. The predicted molar refractivity (Wildman–Crippen MR) is 52.7 cm³/mol. The van der Waals surface area contributed by atoms with Gasteiger partial charge in [0.25, 0.3) is 0 Å². The number of hydrogen-bond acceptors (Lipinski definition) is 3. The Hall–Kier alpha value is -1.11. The molecule has 4 nitrogen and oxygen atoms in total. The minimum Gasteiger partial charge on any atom is -0.324 e. The summed E-state index contributed by atoms with van der Waals surface area (Å²) in [6, 6.07) is 0. The van der Waals surface area contributed by atoms with Crippen molar-refractivity contribution in [3.63, 3.8) is 0 Å². The summed E-state index contributed by atoms with van der Waals surface area (Å²) in [6.45, 7) is 5.43. The largest absolute Gasteiger partial charge is 0.396 e. The molecule has 1 aromatic rings. The number of alkyl halides is 3. The molecule has 0 fully saturated rings. The van der Waals surface area contributed by atoms with Crippen molar-refractivity contribution in [2.75, 3.05) is 0 Å². The molecule has 1 aromatic heterocycles. The van der Waals surface area contributed by atoms with Crippen LogP contribution in [0.2, 0.25) is 0 Å². The normalized spacial score (nSPS) is 13.2. The first kappa shape index (κ1) is 13.0. The number of nitrogens with two attached hydrogens (primary N) is 1. The van der Waals surface area contributed by atoms with Crippen LogP contribution in [0.3, 0.4) is 0 Å². The van der Waals surface area contributed by atoms with Crippen LogP contribution in [0, 0.1) is 0 Å². The lowest BCUT2D eigenvalue weighted by molar-refractivity contribution is -0.129. The molecule has 0 bridgehead atoms. The van der Waals surface area contributed by atoms with Crippen LogP contribution < -0.4 is 5.73 Å². The molecule has 0 atom stereocenters. The monoisotopic (exact) mass is 236 g/mol. The summed E-state index contributed by atoms with van der Waals surface area (Å²) in [4.78, 5) is 0. The molecular weight excluding hydrogens is 221 g/mol. The second kappa shape index (κ2) is 4.04. The average molecular weight is 236 g/mol. The van der Waals surface area contributed by atoms with Gasteiger partial charge in [0.15, 0.2) is 0 Å². The fraction of sp³-hybridized carbons (Fsp3) is 0.778. The molecule has 0 radical (unpaired) electrons. The average Bonchev–Trinajstić information content (AvgIpc) is 2.43. The van der Waals surface area contributed by atoms with Gasteiger partial charge in [0.05, 0.1) is 6.54 Å². The Bertz CT molecular complexity index is 362. The van der Waals surface area contributed by atoms with Crippen molar-refractivity contribution >= 4 is 0 Å². The Kier molecular flexibility index (Phi) is 3.27. The van der Waals surface area contributed by atoms with Gasteiger partial charge >= 0.3 is 6.18 Å². The lowest BCUT2D eigenvalue weighted by atomic mass is 10.1. The molecule has 1 rings (SSSR count). The molecule has 0 aromatic carbocycles. The quantitative estimate of drug-likeness (QED) is 0.848. The van der Waals surface area contributed by atoms with Crippen LogP contribution in [0.1, 0.15) is 32.4 Å². The molecule has 16 heavy (non-hydrogen) atoms. The summed E-state index contributed by atoms with van der Waals surface area (Å²) in [5.41, 5.74) is 4.90. The highest BCUT2D eigenvalue weighted by molar-refractivity contribution is 5.02. The van der Waals surface area contributed by atoms with Gasteiger partial charge in [-0.2, -0.15) is 13.2 Å². The van der Waals surface area contributed by atoms with Crippen molar-refractivity contribution in [3.8, 4) is 0 Å². The van der Waals surface area contributed by atoms with Gasteiger partial charge in [-0.3, -0.25) is 0 Å². The van der Waals surface area contributed by atoms with Gasteiger partial charge in [-0.05, 0) is 20.8 Å². The van der Waals surface area contributed by atoms with Gasteiger partial charge in [-0.25, -0.2) is 0 Å². The minimum atomic E-state index is -4.29. The number of nitrogens with zero attached hydrogens (tertiary/aromatic N) is 3. The molecule has 0 aliphatic carbocycles. The van der Waals surface area contributed by atoms with Crippen LogP contribution in [-0.4, -0.2) is 20.9 Å². The molecule has 0 spiro atoms. The molecule has 7 heteroatoms. The van der Waals surface area contributed by atoms with Crippen molar-refractivity contribution in [1.82, 2.24) is 14.8 Å². The van der Waals surface area contributed by atoms with Crippen LogP contribution in [0.15, 0.2) is 0 Å². The lowest BCUT2D eigenvalue weighted by Crippen LogP contribution is -2.29. The zero-order chi connectivity index (χ0) is 12.6. The van der Waals surface area contributed by atoms with Crippen molar-refractivity contribution in [2.45, 2.75) is 45.5 Å². The molecule has 2 N–H and O–H groups in total. The van der Waals surface area contributed by atoms with E-state index in [4.69, 9.17) is 5.73 Å². The van der Waals surface area contributed by atoms with Crippen molar-refractivity contribution < 1.29 is 13.2 Å². The zero-order valence-corrected chi connectivity index (χ0v) is 9.47. The highest BCUT2D eigenvalue weighted by Crippen LogP contribution is 2.25. The maximum absolute atomic E-state index is 12.3. The highest BCUT2D eigenvalue weighted by Gasteiger charge is 2.33. The molecule has 0 aliphatic rings. The summed E-state index contributed by atoms with van der Waals surface area (Å²) in [6.07, 6.45) is -5.38. The van der Waals surface area contributed by atoms with Gasteiger partial charge in [-0.15, -0.1) is 10.2 Å². The maximum Gasteiger partial charge on any atom is 0.396 e. The standard InChI is InChI=1S/C9H15F3N4/c1-8(2,3)16-6(4-9(10,11)12)14-15-7(16)5-13/h4-5,13H2,1-3H3. The summed E-state index contributed by atoms with van der Waals surface area (Å²) >= 11 is 0. The number of aromatic nitrogens is 3. The molecule has 0 amide bonds. The predicted octanol–water partition coefficient (Wildman–Crippen LogP) is 1.60. The fourth-order valence-corrected chi connectivity index (χ4v) is 1.55. The number of rotatable bonds is 2. The molecule has 0 saturated heterocycles. The first-order valence-corrected chi connectivity index (χ1v) is 4.85. The third-order valence-corrected chi connectivity index (χ3v) is 2.01. The van der Waals surface area contributed by atoms with Crippen LogP contribution >= 0.6 is 0 Å². The fourth-order valence-electron chi connectivity index (χ4n) is 1.55. The van der Waals surface area contributed by atoms with E-state index < -0.39 is 18.1 Å². The Morgan fingerprint density at radius 3 is 2.00 bits per heavy atom. The van der Waals surface area contributed by atoms with Gasteiger partial charge in [0.1, 0.15) is 18.1 Å². The van der Waals surface area contributed by atoms with Gasteiger partial charge < -0.3 is 10.3 Å². The Balaban J connectivity index is 3.16. The molecule has 0 unspecified atom stereocenters. The number of halogens is 3. The third kappa shape index (κ3) is 2.94. The Morgan fingerprint density at radius 2 is 1.62 bits per heavy atom. The number of hydrogen-bond donors (Lipinski definition) is 1. The minimum absolute atomic E-state index is 0.0716. The Morgan fingerprint density at radius 1 is 1.12 bits per heavy atom. The van der Waals surface area contributed by atoms with E-state index in [0.717, 1.165) is 0 Å². The van der Waals surface area contributed by atoms with Crippen molar-refractivity contribution in [2.24, 2.45) is 5.73 Å². The van der Waals surface area contributed by atoms with E-state index in [9.17, 15) is 13.2 Å². The molecule has 0 aliphatic heterocycles. The lowest BCUT2D eigenvalue weighted by Gasteiger charge is -2.25. The SMILES string of the molecule is CC(C)(C)n1c(CN)nnc1CC(F)(F)F. The maximum atomic E-state index is 12.3. The summed E-state index contributed by atoms with van der Waals surface area (Å²) in [5, 5.41) is 7.22. The van der Waals surface area contributed by atoms with E-state index in [2.05, 4.69) is 10.2 Å². The summed E-state index contributed by atoms with van der Waals surface area (Å²) in [5.74, 6) is 0.271. The van der Waals surface area contributed by atoms with Crippen LogP contribution in [-0.2, 0) is 18.5 Å². The van der Waals surface area contributed by atoms with Crippen molar-refractivity contribution in [3.05, 3.63) is 11.6 Å². The molecule has 0 saturated carbocycles. The van der Waals surface area contributed by atoms with Crippen molar-refractivity contribution in [1.29, 1.82) is 0 Å². The van der Waals surface area contributed by atoms with E-state index >= 15 is 0 Å². The molecule has 1 heterocycles. The van der Waals surface area contributed by atoms with E-state index in [0.29, 0.717) is 5.82 Å². The van der Waals surface area contributed by atoms with E-state index in [1.165, 1.54) is 4.57 Å². The van der Waals surface area contributed by atoms with Gasteiger partial charge in [0, 0.05) is 5.54 Å². The molecule has 92 valence electrons. The van der Waals surface area contributed by atoms with Gasteiger partial charge in [0.2, 0.25) is 0 Å². The topological polar surface area (TPSA) is 56.7 Å². The third-order valence-electron chi connectivity index (χ3n) is 2.01. The molecular formula is C9H15F3N4. The van der Waals surface area contributed by atoms with E-state index in [1.54, 1.807) is 20.8 Å². The van der Waals surface area contributed by atoms with Crippen LogP contribution in [0.25, 0.3) is 0 Å². The van der Waals surface area contributed by atoms with Gasteiger partial charge in [-0.1, -0.05) is 0 Å². The van der Waals surface area contributed by atoms with Crippen LogP contribution in [0.5, 0.6) is 0 Å². The smallest absolute Gasteiger partial charge is 0.324 e. The highest BCUT2D eigenvalue weighted by atomic mass is 19.4. The van der Waals surface area contributed by atoms with E-state index in [1.807, 2.05) is 0 Å². The van der Waals surface area contributed by atoms with E-state index in [-0.39, 0.29) is 12.4 Å². The second-order valence-corrected chi connectivity index (χ2v) is 4.53. The second-order valence-electron chi connectivity index (χ2n) is 4.53. The zero-order valence-electron chi connectivity index (χ0n) is 9.47. The first-order chi connectivity index (χ1) is 7.15.